The molecule has 0 aliphatic heterocycles. The molecule has 4 rings (SSSR count). The number of nitrogens with one attached hydrogen (secondary N) is 2. The summed E-state index contributed by atoms with van der Waals surface area (Å²) >= 11 is 0. The Morgan fingerprint density at radius 2 is 2.12 bits per heavy atom. The standard InChI is InChI=1S/C20H26N4O/c1-14(16-7-8-16)24(13-15-5-3-2-4-6-15)20(25)22-18-9-10-19-17(11-18)12-21-23-19/h2-6,12,14,16,18H,7-11,13H2,1H3,(H,21,23)(H,22,25)/t14-,18+/m0/s1. The normalized spacial score (nSPS) is 20.6. The van der Waals surface area contributed by atoms with Crippen LogP contribution in [-0.2, 0) is 19.4 Å². The second-order valence-corrected chi connectivity index (χ2v) is 7.45. The number of aromatic nitrogens is 2. The highest BCUT2D eigenvalue weighted by atomic mass is 16.2. The van der Waals surface area contributed by atoms with Crippen LogP contribution in [0.4, 0.5) is 4.79 Å². The summed E-state index contributed by atoms with van der Waals surface area (Å²) < 4.78 is 0. The average molecular weight is 338 g/mol. The maximum absolute atomic E-state index is 13.0. The van der Waals surface area contributed by atoms with E-state index in [0.717, 1.165) is 19.3 Å². The molecule has 2 N–H and O–H groups in total. The van der Waals surface area contributed by atoms with Crippen LogP contribution in [0, 0.1) is 5.92 Å². The largest absolute Gasteiger partial charge is 0.335 e. The summed E-state index contributed by atoms with van der Waals surface area (Å²) in [7, 11) is 0. The monoisotopic (exact) mass is 338 g/mol. The molecule has 0 unspecified atom stereocenters. The molecule has 1 fully saturated rings. The van der Waals surface area contributed by atoms with Crippen LogP contribution < -0.4 is 5.32 Å². The number of fused-ring (bicyclic) bond motifs is 1. The maximum Gasteiger partial charge on any atom is 0.318 e. The number of aryl methyl sites for hydroxylation is 1. The maximum atomic E-state index is 13.0. The van der Waals surface area contributed by atoms with Gasteiger partial charge >= 0.3 is 6.03 Å². The summed E-state index contributed by atoms with van der Waals surface area (Å²) in [6.45, 7) is 2.86. The molecule has 5 heteroatoms. The minimum absolute atomic E-state index is 0.0696. The van der Waals surface area contributed by atoms with Gasteiger partial charge in [-0.3, -0.25) is 5.10 Å². The molecule has 0 saturated heterocycles. The third-order valence-electron chi connectivity index (χ3n) is 5.60. The van der Waals surface area contributed by atoms with Crippen LogP contribution in [0.3, 0.4) is 0 Å². The summed E-state index contributed by atoms with van der Waals surface area (Å²) in [6, 6.07) is 10.8. The Bertz CT molecular complexity index is 722. The number of benzene rings is 1. The highest BCUT2D eigenvalue weighted by Crippen LogP contribution is 2.35. The van der Waals surface area contributed by atoms with E-state index in [-0.39, 0.29) is 18.1 Å². The number of urea groups is 1. The number of amides is 2. The lowest BCUT2D eigenvalue weighted by Crippen LogP contribution is -2.50. The van der Waals surface area contributed by atoms with Gasteiger partial charge in [-0.2, -0.15) is 5.10 Å². The predicted octanol–water partition coefficient (Wildman–Crippen LogP) is 3.28. The Morgan fingerprint density at radius 3 is 2.88 bits per heavy atom. The molecule has 1 heterocycles. The van der Waals surface area contributed by atoms with Crippen molar-refractivity contribution in [3.8, 4) is 0 Å². The third kappa shape index (κ3) is 3.70. The van der Waals surface area contributed by atoms with E-state index in [4.69, 9.17) is 0 Å². The molecule has 2 aliphatic carbocycles. The van der Waals surface area contributed by atoms with Crippen molar-refractivity contribution in [2.45, 2.75) is 57.7 Å². The van der Waals surface area contributed by atoms with Gasteiger partial charge in [-0.25, -0.2) is 4.79 Å². The fraction of sp³-hybridized carbons (Fsp3) is 0.500. The fourth-order valence-corrected chi connectivity index (χ4v) is 3.81. The lowest BCUT2D eigenvalue weighted by atomic mass is 9.94. The lowest BCUT2D eigenvalue weighted by Gasteiger charge is -2.32. The molecule has 0 radical (unpaired) electrons. The second-order valence-electron chi connectivity index (χ2n) is 7.45. The van der Waals surface area contributed by atoms with E-state index in [1.807, 2.05) is 29.3 Å². The van der Waals surface area contributed by atoms with E-state index >= 15 is 0 Å². The molecule has 25 heavy (non-hydrogen) atoms. The SMILES string of the molecule is C[C@@H](C1CC1)N(Cc1ccccc1)C(=O)N[C@@H]1CCc2[nH]ncc2C1. The number of carbonyl (C=O) groups is 1. The Hall–Kier alpha value is -2.30. The summed E-state index contributed by atoms with van der Waals surface area (Å²) in [6.07, 6.45) is 7.16. The summed E-state index contributed by atoms with van der Waals surface area (Å²) in [5, 5.41) is 10.5. The second kappa shape index (κ2) is 6.90. The van der Waals surface area contributed by atoms with Crippen LogP contribution in [0.5, 0.6) is 0 Å². The lowest BCUT2D eigenvalue weighted by molar-refractivity contribution is 0.162. The number of hydrogen-bond acceptors (Lipinski definition) is 2. The fourth-order valence-electron chi connectivity index (χ4n) is 3.81. The van der Waals surface area contributed by atoms with Gasteiger partial charge < -0.3 is 10.2 Å². The van der Waals surface area contributed by atoms with Crippen LogP contribution in [0.2, 0.25) is 0 Å². The molecule has 5 nitrogen and oxygen atoms in total. The molecular formula is C20H26N4O. The van der Waals surface area contributed by atoms with Gasteiger partial charge in [0.05, 0.1) is 6.20 Å². The van der Waals surface area contributed by atoms with Gasteiger partial charge in [-0.1, -0.05) is 30.3 Å². The smallest absolute Gasteiger partial charge is 0.318 e. The highest BCUT2D eigenvalue weighted by molar-refractivity contribution is 5.75. The van der Waals surface area contributed by atoms with Crippen LogP contribution in [0.1, 0.15) is 43.0 Å². The Morgan fingerprint density at radius 1 is 1.32 bits per heavy atom. The van der Waals surface area contributed by atoms with Crippen molar-refractivity contribution in [3.63, 3.8) is 0 Å². The first-order chi connectivity index (χ1) is 12.2. The van der Waals surface area contributed by atoms with Crippen molar-refractivity contribution >= 4 is 6.03 Å². The first kappa shape index (κ1) is 16.2. The van der Waals surface area contributed by atoms with Crippen molar-refractivity contribution in [3.05, 3.63) is 53.3 Å². The van der Waals surface area contributed by atoms with Crippen molar-refractivity contribution in [1.82, 2.24) is 20.4 Å². The number of aromatic amines is 1. The first-order valence-corrected chi connectivity index (χ1v) is 9.33. The Labute approximate surface area is 148 Å². The van der Waals surface area contributed by atoms with Gasteiger partial charge in [0.25, 0.3) is 0 Å². The molecule has 2 aliphatic rings. The number of carbonyl (C=O) groups excluding carboxylic acids is 1. The molecule has 1 saturated carbocycles. The first-order valence-electron chi connectivity index (χ1n) is 9.33. The van der Waals surface area contributed by atoms with Crippen LogP contribution in [0.15, 0.2) is 36.5 Å². The van der Waals surface area contributed by atoms with Gasteiger partial charge in [-0.15, -0.1) is 0 Å². The van der Waals surface area contributed by atoms with E-state index in [9.17, 15) is 4.79 Å². The zero-order chi connectivity index (χ0) is 17.2. The number of H-pyrrole nitrogens is 1. The van der Waals surface area contributed by atoms with Crippen molar-refractivity contribution < 1.29 is 4.79 Å². The molecule has 0 spiro atoms. The molecule has 1 aromatic carbocycles. The molecule has 2 aromatic rings. The van der Waals surface area contributed by atoms with Crippen LogP contribution in [0.25, 0.3) is 0 Å². The van der Waals surface area contributed by atoms with E-state index in [0.29, 0.717) is 12.5 Å². The van der Waals surface area contributed by atoms with Crippen molar-refractivity contribution in [1.29, 1.82) is 0 Å². The van der Waals surface area contributed by atoms with Gasteiger partial charge in [0.2, 0.25) is 0 Å². The third-order valence-corrected chi connectivity index (χ3v) is 5.60. The van der Waals surface area contributed by atoms with E-state index in [1.165, 1.54) is 29.7 Å². The topological polar surface area (TPSA) is 61.0 Å². The summed E-state index contributed by atoms with van der Waals surface area (Å²) in [4.78, 5) is 15.1. The quantitative estimate of drug-likeness (QED) is 0.879. The summed E-state index contributed by atoms with van der Waals surface area (Å²) in [5.41, 5.74) is 3.64. The molecular weight excluding hydrogens is 312 g/mol. The number of hydrogen-bond donors (Lipinski definition) is 2. The van der Waals surface area contributed by atoms with Gasteiger partial charge in [0.15, 0.2) is 0 Å². The van der Waals surface area contributed by atoms with E-state index in [1.54, 1.807) is 0 Å². The van der Waals surface area contributed by atoms with Gasteiger partial charge in [-0.05, 0) is 56.1 Å². The molecule has 2 amide bonds. The van der Waals surface area contributed by atoms with E-state index in [2.05, 4.69) is 34.6 Å². The minimum atomic E-state index is 0.0696. The number of rotatable bonds is 5. The molecule has 2 atom stereocenters. The van der Waals surface area contributed by atoms with Crippen LogP contribution >= 0.6 is 0 Å². The zero-order valence-corrected chi connectivity index (χ0v) is 14.7. The molecule has 1 aromatic heterocycles. The van der Waals surface area contributed by atoms with Gasteiger partial charge in [0.1, 0.15) is 0 Å². The Kier molecular flexibility index (Phi) is 4.47. The molecule has 0 bridgehead atoms. The predicted molar refractivity (Wildman–Crippen MR) is 97.1 cm³/mol. The van der Waals surface area contributed by atoms with Crippen molar-refractivity contribution in [2.24, 2.45) is 5.92 Å². The Balaban J connectivity index is 1.44. The van der Waals surface area contributed by atoms with Crippen LogP contribution in [-0.4, -0.2) is 33.2 Å². The molecule has 132 valence electrons. The number of nitrogens with zero attached hydrogens (tertiary/aromatic N) is 2. The minimum Gasteiger partial charge on any atom is -0.335 e. The van der Waals surface area contributed by atoms with Crippen molar-refractivity contribution in [2.75, 3.05) is 0 Å². The zero-order valence-electron chi connectivity index (χ0n) is 14.7. The van der Waals surface area contributed by atoms with E-state index < -0.39 is 0 Å². The van der Waals surface area contributed by atoms with Gasteiger partial charge in [0, 0.05) is 24.3 Å². The summed E-state index contributed by atoms with van der Waals surface area (Å²) in [5.74, 6) is 0.654. The highest BCUT2D eigenvalue weighted by Gasteiger charge is 2.35. The average Bonchev–Trinajstić information content (AvgIpc) is 3.38.